The van der Waals surface area contributed by atoms with Crippen molar-refractivity contribution in [2.75, 3.05) is 0 Å². The minimum atomic E-state index is -4.76. The van der Waals surface area contributed by atoms with Crippen LogP contribution in [0.15, 0.2) is 34.9 Å². The summed E-state index contributed by atoms with van der Waals surface area (Å²) in [7, 11) is 0. The van der Waals surface area contributed by atoms with Crippen LogP contribution >= 0.6 is 0 Å². The number of fused-ring (bicyclic) bond motifs is 1. The highest BCUT2D eigenvalue weighted by Crippen LogP contribution is 2.67. The summed E-state index contributed by atoms with van der Waals surface area (Å²) in [5, 5.41) is 29.6. The van der Waals surface area contributed by atoms with Gasteiger partial charge < -0.3 is 15.3 Å². The van der Waals surface area contributed by atoms with Gasteiger partial charge in [-0.15, -0.1) is 0 Å². The number of alkyl halides is 3. The summed E-state index contributed by atoms with van der Waals surface area (Å²) in [5.74, 6) is 5.12. The van der Waals surface area contributed by atoms with E-state index < -0.39 is 24.0 Å². The van der Waals surface area contributed by atoms with Crippen molar-refractivity contribution in [3.8, 4) is 11.8 Å². The fourth-order valence-electron chi connectivity index (χ4n) is 6.32. The number of halogens is 3. The maximum Gasteiger partial charge on any atom is 0.428 e. The molecule has 182 valence electrons. The fraction of sp³-hybridized carbons (Fsp3) is 0.704. The summed E-state index contributed by atoms with van der Waals surface area (Å²) in [6.07, 6.45) is 8.81. The van der Waals surface area contributed by atoms with Crippen molar-refractivity contribution < 1.29 is 28.5 Å². The van der Waals surface area contributed by atoms with Gasteiger partial charge in [-0.3, -0.25) is 0 Å². The molecule has 4 aliphatic rings. The van der Waals surface area contributed by atoms with E-state index in [1.807, 2.05) is 0 Å². The lowest BCUT2D eigenvalue weighted by molar-refractivity contribution is -0.228. The normalized spacial score (nSPS) is 37.7. The second-order valence-corrected chi connectivity index (χ2v) is 11.0. The van der Waals surface area contributed by atoms with Crippen molar-refractivity contribution in [3.63, 3.8) is 0 Å². The first-order chi connectivity index (χ1) is 15.4. The topological polar surface area (TPSA) is 60.7 Å². The van der Waals surface area contributed by atoms with Crippen LogP contribution in [0.3, 0.4) is 0 Å². The Morgan fingerprint density at radius 1 is 1.12 bits per heavy atom. The monoisotopic (exact) mass is 464 g/mol. The van der Waals surface area contributed by atoms with Gasteiger partial charge in [0, 0.05) is 11.8 Å². The number of hydrogen-bond acceptors (Lipinski definition) is 3. The molecular formula is C27H35F3O3. The highest BCUT2D eigenvalue weighted by atomic mass is 19.4. The third-order valence-corrected chi connectivity index (χ3v) is 8.36. The van der Waals surface area contributed by atoms with E-state index in [1.54, 1.807) is 0 Å². The molecule has 0 heterocycles. The molecule has 4 aliphatic carbocycles. The molecular weight excluding hydrogens is 429 g/mol. The van der Waals surface area contributed by atoms with E-state index in [9.17, 15) is 28.5 Å². The smallest absolute Gasteiger partial charge is 0.393 e. The molecule has 6 heteroatoms. The first-order valence-electron chi connectivity index (χ1n) is 12.1. The molecule has 3 fully saturated rings. The highest BCUT2D eigenvalue weighted by molar-refractivity contribution is 5.40. The largest absolute Gasteiger partial charge is 0.428 e. The molecule has 0 aromatic rings. The van der Waals surface area contributed by atoms with Gasteiger partial charge in [0.2, 0.25) is 5.60 Å². The lowest BCUT2D eigenvalue weighted by Crippen LogP contribution is -2.40. The zero-order chi connectivity index (χ0) is 24.1. The lowest BCUT2D eigenvalue weighted by Gasteiger charge is -2.43. The molecule has 0 aliphatic heterocycles. The summed E-state index contributed by atoms with van der Waals surface area (Å²) in [5.41, 5.74) is 0.670. The lowest BCUT2D eigenvalue weighted by atomic mass is 9.61. The van der Waals surface area contributed by atoms with Gasteiger partial charge in [0.1, 0.15) is 0 Å². The molecule has 0 aromatic carbocycles. The van der Waals surface area contributed by atoms with Gasteiger partial charge >= 0.3 is 6.18 Å². The van der Waals surface area contributed by atoms with Crippen molar-refractivity contribution in [3.05, 3.63) is 34.9 Å². The molecule has 3 saturated carbocycles. The van der Waals surface area contributed by atoms with E-state index >= 15 is 0 Å². The Morgan fingerprint density at radius 3 is 2.39 bits per heavy atom. The van der Waals surface area contributed by atoms with Crippen LogP contribution < -0.4 is 0 Å². The molecule has 0 bridgehead atoms. The number of aliphatic hydroxyl groups excluding tert-OH is 2. The first-order valence-corrected chi connectivity index (χ1v) is 12.1. The summed E-state index contributed by atoms with van der Waals surface area (Å²) in [6, 6.07) is 0. The summed E-state index contributed by atoms with van der Waals surface area (Å²) in [6.45, 7) is 3.01. The maximum atomic E-state index is 12.9. The second kappa shape index (κ2) is 8.59. The van der Waals surface area contributed by atoms with Crippen molar-refractivity contribution in [2.45, 2.75) is 102 Å². The Hall–Kier alpha value is -1.55. The molecule has 0 saturated heterocycles. The molecule has 0 radical (unpaired) electrons. The van der Waals surface area contributed by atoms with Crippen molar-refractivity contribution in [2.24, 2.45) is 16.7 Å². The van der Waals surface area contributed by atoms with Crippen molar-refractivity contribution in [1.29, 1.82) is 0 Å². The molecule has 33 heavy (non-hydrogen) atoms. The molecule has 0 amide bonds. The molecule has 4 rings (SSSR count). The highest BCUT2D eigenvalue weighted by Gasteiger charge is 2.56. The van der Waals surface area contributed by atoms with Crippen LogP contribution in [-0.4, -0.2) is 39.3 Å². The van der Waals surface area contributed by atoms with E-state index in [-0.39, 0.29) is 10.8 Å². The molecule has 5 atom stereocenters. The van der Waals surface area contributed by atoms with E-state index in [0.29, 0.717) is 38.5 Å². The van der Waals surface area contributed by atoms with Gasteiger partial charge in [0.05, 0.1) is 12.2 Å². The SMILES string of the molecule is CC(O)(C#CCC1(C2=CCC3/C(=C/C=C4CC(O)C[C@H](O)C4)CCC[C@]23C)CC1)C(F)(F)F. The molecule has 3 N–H and O–H groups in total. The van der Waals surface area contributed by atoms with Gasteiger partial charge in [0.15, 0.2) is 0 Å². The standard InChI is InChI=1S/C27H35F3O3/c1-24-10-3-5-19(7-6-18-15-20(31)17-21(32)16-18)22(24)8-9-23(24)26(13-14-26)12-4-11-25(2,33)27(28,29)30/h6-7,9,20-22,31-33H,3,5,8,10,12-17H2,1-2H3/b18-6?,19-7+/t20-,21?,22?,24+,25?/m1/s1. The van der Waals surface area contributed by atoms with Crippen molar-refractivity contribution >= 4 is 0 Å². The minimum absolute atomic E-state index is 0.0150. The molecule has 3 nitrogen and oxygen atoms in total. The third-order valence-electron chi connectivity index (χ3n) is 8.36. The van der Waals surface area contributed by atoms with Gasteiger partial charge in [-0.25, -0.2) is 0 Å². The van der Waals surface area contributed by atoms with Crippen LogP contribution in [0.1, 0.15) is 78.1 Å². The summed E-state index contributed by atoms with van der Waals surface area (Å²) < 4.78 is 38.8. The molecule has 3 unspecified atom stereocenters. The van der Waals surface area contributed by atoms with Crippen molar-refractivity contribution in [1.82, 2.24) is 0 Å². The van der Waals surface area contributed by atoms with E-state index in [2.05, 4.69) is 37.0 Å². The average Bonchev–Trinajstić information content (AvgIpc) is 3.37. The quantitative estimate of drug-likeness (QED) is 0.389. The zero-order valence-corrected chi connectivity index (χ0v) is 19.5. The van der Waals surface area contributed by atoms with E-state index in [1.165, 1.54) is 11.1 Å². The number of allylic oxidation sites excluding steroid dienone is 5. The Labute approximate surface area is 194 Å². The first kappa shape index (κ1) is 24.6. The van der Waals surface area contributed by atoms with Gasteiger partial charge in [-0.2, -0.15) is 13.2 Å². The number of aliphatic hydroxyl groups is 3. The fourth-order valence-corrected chi connectivity index (χ4v) is 6.32. The van der Waals surface area contributed by atoms with Crippen LogP contribution in [0.25, 0.3) is 0 Å². The van der Waals surface area contributed by atoms with Gasteiger partial charge in [0.25, 0.3) is 0 Å². The van der Waals surface area contributed by atoms with Crippen LogP contribution in [0.5, 0.6) is 0 Å². The molecule has 0 spiro atoms. The second-order valence-electron chi connectivity index (χ2n) is 11.0. The van der Waals surface area contributed by atoms with E-state index in [4.69, 9.17) is 0 Å². The predicted octanol–water partition coefficient (Wildman–Crippen LogP) is 5.37. The van der Waals surface area contributed by atoms with Gasteiger partial charge in [-0.1, -0.05) is 53.7 Å². The Morgan fingerprint density at radius 2 is 1.79 bits per heavy atom. The van der Waals surface area contributed by atoms with Gasteiger partial charge in [-0.05, 0) is 76.0 Å². The van der Waals surface area contributed by atoms with Crippen LogP contribution in [-0.2, 0) is 0 Å². The average molecular weight is 465 g/mol. The predicted molar refractivity (Wildman–Crippen MR) is 121 cm³/mol. The Balaban J connectivity index is 1.50. The Bertz CT molecular complexity index is 914. The maximum absolute atomic E-state index is 12.9. The van der Waals surface area contributed by atoms with Crippen LogP contribution in [0.2, 0.25) is 0 Å². The third kappa shape index (κ3) is 4.83. The zero-order valence-electron chi connectivity index (χ0n) is 19.5. The van der Waals surface area contributed by atoms with Crippen LogP contribution in [0.4, 0.5) is 13.2 Å². The summed E-state index contributed by atoms with van der Waals surface area (Å²) >= 11 is 0. The number of hydrogen-bond donors (Lipinski definition) is 3. The Kier molecular flexibility index (Phi) is 6.40. The summed E-state index contributed by atoms with van der Waals surface area (Å²) in [4.78, 5) is 0. The minimum Gasteiger partial charge on any atom is -0.393 e. The molecule has 0 aromatic heterocycles. The van der Waals surface area contributed by atoms with Crippen LogP contribution in [0, 0.1) is 28.6 Å². The van der Waals surface area contributed by atoms with E-state index in [0.717, 1.165) is 44.1 Å². The number of rotatable bonds is 3.